The Labute approximate surface area is 126 Å². The number of benzene rings is 1. The van der Waals surface area contributed by atoms with Crippen LogP contribution < -0.4 is 5.73 Å². The summed E-state index contributed by atoms with van der Waals surface area (Å²) < 4.78 is 5.19. The highest BCUT2D eigenvalue weighted by Gasteiger charge is 2.18. The van der Waals surface area contributed by atoms with E-state index in [2.05, 4.69) is 19.6 Å². The molecule has 0 radical (unpaired) electrons. The molecule has 0 aliphatic carbocycles. The Morgan fingerprint density at radius 2 is 1.81 bits per heavy atom. The lowest BCUT2D eigenvalue weighted by Gasteiger charge is -2.17. The third kappa shape index (κ3) is 6.55. The van der Waals surface area contributed by atoms with Gasteiger partial charge in [-0.05, 0) is 30.2 Å². The molecular weight excluding hydrogens is 286 g/mol. The SMILES string of the molecule is C[Si](C)(C)CCOC(=O)C(N)Cc1ccc(C(=O)O)cc1. The Morgan fingerprint density at radius 1 is 1.24 bits per heavy atom. The fourth-order valence-electron chi connectivity index (χ4n) is 1.69. The normalized spacial score (nSPS) is 12.8. The van der Waals surface area contributed by atoms with Gasteiger partial charge < -0.3 is 15.6 Å². The zero-order chi connectivity index (χ0) is 16.0. The zero-order valence-electron chi connectivity index (χ0n) is 12.8. The number of hydrogen-bond donors (Lipinski definition) is 2. The minimum Gasteiger partial charge on any atom is -0.478 e. The molecule has 0 saturated carbocycles. The van der Waals surface area contributed by atoms with Crippen LogP contribution in [-0.2, 0) is 16.0 Å². The Balaban J connectivity index is 2.46. The molecule has 0 amide bonds. The summed E-state index contributed by atoms with van der Waals surface area (Å²) >= 11 is 0. The molecule has 0 spiro atoms. The number of ether oxygens (including phenoxy) is 1. The zero-order valence-corrected chi connectivity index (χ0v) is 13.8. The highest BCUT2D eigenvalue weighted by Crippen LogP contribution is 2.10. The standard InChI is InChI=1S/C15H23NO4Si/c1-21(2,3)9-8-20-15(19)13(16)10-11-4-6-12(7-5-11)14(17)18/h4-7,13H,8-10,16H2,1-3H3,(H,17,18). The van der Waals surface area contributed by atoms with Gasteiger partial charge in [0.05, 0.1) is 12.2 Å². The number of aromatic carboxylic acids is 1. The Morgan fingerprint density at radius 3 is 2.29 bits per heavy atom. The van der Waals surface area contributed by atoms with Crippen molar-refractivity contribution < 1.29 is 19.4 Å². The molecule has 0 aromatic heterocycles. The first-order valence-electron chi connectivity index (χ1n) is 6.93. The molecule has 116 valence electrons. The van der Waals surface area contributed by atoms with Crippen molar-refractivity contribution in [1.82, 2.24) is 0 Å². The minimum atomic E-state index is -1.22. The highest BCUT2D eigenvalue weighted by molar-refractivity contribution is 6.76. The van der Waals surface area contributed by atoms with Gasteiger partial charge in [-0.2, -0.15) is 0 Å². The molecule has 1 atom stereocenters. The van der Waals surface area contributed by atoms with Crippen molar-refractivity contribution in [3.63, 3.8) is 0 Å². The van der Waals surface area contributed by atoms with Crippen LogP contribution in [0, 0.1) is 0 Å². The molecule has 1 aromatic carbocycles. The van der Waals surface area contributed by atoms with E-state index in [9.17, 15) is 9.59 Å². The summed E-state index contributed by atoms with van der Waals surface area (Å²) in [7, 11) is -1.22. The van der Waals surface area contributed by atoms with Crippen LogP contribution >= 0.6 is 0 Å². The van der Waals surface area contributed by atoms with E-state index in [4.69, 9.17) is 15.6 Å². The molecule has 0 aliphatic rings. The third-order valence-corrected chi connectivity index (χ3v) is 4.76. The molecule has 0 aliphatic heterocycles. The maximum atomic E-state index is 11.8. The minimum absolute atomic E-state index is 0.213. The number of rotatable bonds is 7. The second-order valence-corrected chi connectivity index (χ2v) is 11.9. The lowest BCUT2D eigenvalue weighted by atomic mass is 10.0. The monoisotopic (exact) mass is 309 g/mol. The van der Waals surface area contributed by atoms with Gasteiger partial charge in [0.15, 0.2) is 0 Å². The maximum Gasteiger partial charge on any atom is 0.335 e. The molecule has 3 N–H and O–H groups in total. The summed E-state index contributed by atoms with van der Waals surface area (Å²) in [4.78, 5) is 22.5. The van der Waals surface area contributed by atoms with E-state index in [1.54, 1.807) is 12.1 Å². The average molecular weight is 309 g/mol. The van der Waals surface area contributed by atoms with Gasteiger partial charge in [0.1, 0.15) is 6.04 Å². The average Bonchev–Trinajstić information content (AvgIpc) is 2.37. The molecule has 6 heteroatoms. The first-order chi connectivity index (χ1) is 9.69. The molecule has 0 fully saturated rings. The fraction of sp³-hybridized carbons (Fsp3) is 0.467. The van der Waals surface area contributed by atoms with Crippen molar-refractivity contribution in [2.24, 2.45) is 5.73 Å². The second kappa shape index (κ2) is 7.38. The topological polar surface area (TPSA) is 89.6 Å². The number of nitrogens with two attached hydrogens (primary N) is 1. The number of carboxylic acid groups (broad SMARTS) is 1. The Hall–Kier alpha value is -1.66. The van der Waals surface area contributed by atoms with Crippen LogP contribution in [0.4, 0.5) is 0 Å². The summed E-state index contributed by atoms with van der Waals surface area (Å²) in [6.07, 6.45) is 0.339. The predicted octanol–water partition coefficient (Wildman–Crippen LogP) is 2.14. The van der Waals surface area contributed by atoms with Gasteiger partial charge in [0, 0.05) is 8.07 Å². The summed E-state index contributed by atoms with van der Waals surface area (Å²) in [5, 5.41) is 8.81. The van der Waals surface area contributed by atoms with Crippen LogP contribution in [0.5, 0.6) is 0 Å². The largest absolute Gasteiger partial charge is 0.478 e. The lowest BCUT2D eigenvalue weighted by Crippen LogP contribution is -2.35. The van der Waals surface area contributed by atoms with Crippen LogP contribution in [0.25, 0.3) is 0 Å². The summed E-state index contributed by atoms with van der Waals surface area (Å²) in [5.74, 6) is -1.38. The maximum absolute atomic E-state index is 11.8. The quantitative estimate of drug-likeness (QED) is 0.595. The van der Waals surface area contributed by atoms with Crippen molar-refractivity contribution in [1.29, 1.82) is 0 Å². The fourth-order valence-corrected chi connectivity index (χ4v) is 2.40. The van der Waals surface area contributed by atoms with Crippen molar-refractivity contribution in [3.8, 4) is 0 Å². The van der Waals surface area contributed by atoms with Crippen molar-refractivity contribution in [2.75, 3.05) is 6.61 Å². The number of carbonyl (C=O) groups excluding carboxylic acids is 1. The number of carboxylic acids is 1. The molecule has 1 rings (SSSR count). The van der Waals surface area contributed by atoms with Crippen LogP contribution in [0.15, 0.2) is 24.3 Å². The van der Waals surface area contributed by atoms with E-state index in [0.29, 0.717) is 13.0 Å². The smallest absolute Gasteiger partial charge is 0.335 e. The van der Waals surface area contributed by atoms with Crippen LogP contribution in [0.1, 0.15) is 15.9 Å². The van der Waals surface area contributed by atoms with Crippen molar-refractivity contribution in [2.45, 2.75) is 38.1 Å². The van der Waals surface area contributed by atoms with Crippen molar-refractivity contribution in [3.05, 3.63) is 35.4 Å². The van der Waals surface area contributed by atoms with E-state index in [1.807, 2.05) is 0 Å². The Kier molecular flexibility index (Phi) is 6.11. The molecule has 1 unspecified atom stereocenters. The summed E-state index contributed by atoms with van der Waals surface area (Å²) in [6.45, 7) is 7.06. The molecule has 21 heavy (non-hydrogen) atoms. The van der Waals surface area contributed by atoms with Gasteiger partial charge in [0.25, 0.3) is 0 Å². The van der Waals surface area contributed by atoms with Gasteiger partial charge in [-0.15, -0.1) is 0 Å². The first-order valence-corrected chi connectivity index (χ1v) is 10.6. The molecular formula is C15H23NO4Si. The first kappa shape index (κ1) is 17.4. The third-order valence-electron chi connectivity index (χ3n) is 3.06. The van der Waals surface area contributed by atoms with Crippen LogP contribution in [-0.4, -0.2) is 37.8 Å². The Bertz CT molecular complexity index is 493. The van der Waals surface area contributed by atoms with Gasteiger partial charge in [0.2, 0.25) is 0 Å². The van der Waals surface area contributed by atoms with E-state index < -0.39 is 26.1 Å². The van der Waals surface area contributed by atoms with Crippen molar-refractivity contribution >= 4 is 20.0 Å². The number of carbonyl (C=O) groups is 2. The van der Waals surface area contributed by atoms with Crippen LogP contribution in [0.3, 0.4) is 0 Å². The van der Waals surface area contributed by atoms with Gasteiger partial charge in [-0.1, -0.05) is 31.8 Å². The van der Waals surface area contributed by atoms with E-state index >= 15 is 0 Å². The molecule has 0 heterocycles. The summed E-state index contributed by atoms with van der Waals surface area (Å²) in [5.41, 5.74) is 6.84. The van der Waals surface area contributed by atoms with Crippen LogP contribution in [0.2, 0.25) is 25.7 Å². The predicted molar refractivity (Wildman–Crippen MR) is 84.2 cm³/mol. The molecule has 5 nitrogen and oxygen atoms in total. The molecule has 0 saturated heterocycles. The number of hydrogen-bond acceptors (Lipinski definition) is 4. The lowest BCUT2D eigenvalue weighted by molar-refractivity contribution is -0.144. The summed E-state index contributed by atoms with van der Waals surface area (Å²) in [6, 6.07) is 6.53. The van der Waals surface area contributed by atoms with E-state index in [0.717, 1.165) is 11.6 Å². The van der Waals surface area contributed by atoms with Gasteiger partial charge in [-0.25, -0.2) is 4.79 Å². The number of esters is 1. The van der Waals surface area contributed by atoms with E-state index in [1.165, 1.54) is 12.1 Å². The van der Waals surface area contributed by atoms with Gasteiger partial charge in [-0.3, -0.25) is 4.79 Å². The molecule has 0 bridgehead atoms. The second-order valence-electron chi connectivity index (χ2n) is 6.29. The highest BCUT2D eigenvalue weighted by atomic mass is 28.3. The van der Waals surface area contributed by atoms with Gasteiger partial charge >= 0.3 is 11.9 Å². The molecule has 1 aromatic rings. The van der Waals surface area contributed by atoms with E-state index in [-0.39, 0.29) is 5.56 Å².